The highest BCUT2D eigenvalue weighted by molar-refractivity contribution is 7.13. The summed E-state index contributed by atoms with van der Waals surface area (Å²) in [5.74, 6) is 1.46. The van der Waals surface area contributed by atoms with E-state index < -0.39 is 0 Å². The summed E-state index contributed by atoms with van der Waals surface area (Å²) in [6, 6.07) is 0.0715. The number of thiazole rings is 1. The molecule has 0 aromatic carbocycles. The molecule has 0 aliphatic carbocycles. The Labute approximate surface area is 167 Å². The van der Waals surface area contributed by atoms with E-state index in [4.69, 9.17) is 0 Å². The zero-order valence-corrected chi connectivity index (χ0v) is 18.1. The SMILES string of the molecule is CC1CC(C)CN(C(C)(C)CNC(=O)N2CCCN(c3nccs3)CC2)C1. The number of likely N-dealkylation sites (tertiary alicyclic amines) is 1. The van der Waals surface area contributed by atoms with Gasteiger partial charge in [0.25, 0.3) is 0 Å². The fourth-order valence-electron chi connectivity index (χ4n) is 4.36. The van der Waals surface area contributed by atoms with Gasteiger partial charge in [0, 0.05) is 62.9 Å². The highest BCUT2D eigenvalue weighted by atomic mass is 32.1. The lowest BCUT2D eigenvalue weighted by molar-refractivity contribution is 0.0464. The van der Waals surface area contributed by atoms with E-state index in [1.54, 1.807) is 11.3 Å². The number of rotatable bonds is 4. The number of nitrogens with zero attached hydrogens (tertiary/aromatic N) is 4. The van der Waals surface area contributed by atoms with Crippen LogP contribution >= 0.6 is 11.3 Å². The molecule has 6 nitrogen and oxygen atoms in total. The van der Waals surface area contributed by atoms with Crippen molar-refractivity contribution in [1.82, 2.24) is 20.1 Å². The molecule has 2 unspecified atom stereocenters. The number of carbonyl (C=O) groups excluding carboxylic acids is 1. The Morgan fingerprint density at radius 2 is 1.96 bits per heavy atom. The first-order valence-electron chi connectivity index (χ1n) is 10.3. The Balaban J connectivity index is 1.49. The van der Waals surface area contributed by atoms with E-state index in [0.717, 1.165) is 62.7 Å². The van der Waals surface area contributed by atoms with Crippen LogP contribution in [0, 0.1) is 11.8 Å². The molecule has 2 amide bonds. The maximum Gasteiger partial charge on any atom is 0.317 e. The molecule has 1 aromatic rings. The second kappa shape index (κ2) is 8.78. The normalized spacial score (nSPS) is 25.3. The fraction of sp³-hybridized carbons (Fsp3) is 0.800. The van der Waals surface area contributed by atoms with Crippen LogP contribution in [0.4, 0.5) is 9.93 Å². The van der Waals surface area contributed by atoms with Gasteiger partial charge in [0.2, 0.25) is 0 Å². The van der Waals surface area contributed by atoms with Crippen molar-refractivity contribution < 1.29 is 4.79 Å². The van der Waals surface area contributed by atoms with Crippen LogP contribution < -0.4 is 10.2 Å². The van der Waals surface area contributed by atoms with Crippen LogP contribution in [0.1, 0.15) is 40.5 Å². The molecule has 0 radical (unpaired) electrons. The maximum absolute atomic E-state index is 12.8. The summed E-state index contributed by atoms with van der Waals surface area (Å²) >= 11 is 1.67. The lowest BCUT2D eigenvalue weighted by Gasteiger charge is -2.45. The van der Waals surface area contributed by atoms with Gasteiger partial charge in [0.15, 0.2) is 5.13 Å². The minimum absolute atomic E-state index is 0.0165. The van der Waals surface area contributed by atoms with Crippen molar-refractivity contribution in [2.45, 2.75) is 46.1 Å². The first-order chi connectivity index (χ1) is 12.8. The molecule has 2 aliphatic heterocycles. The molecule has 0 bridgehead atoms. The lowest BCUT2D eigenvalue weighted by Crippen LogP contribution is -2.57. The predicted octanol–water partition coefficient (Wildman–Crippen LogP) is 3.12. The van der Waals surface area contributed by atoms with Crippen molar-refractivity contribution in [2.24, 2.45) is 11.8 Å². The zero-order valence-electron chi connectivity index (χ0n) is 17.3. The topological polar surface area (TPSA) is 51.7 Å². The third-order valence-corrected chi connectivity index (χ3v) is 6.70. The molecule has 152 valence electrons. The van der Waals surface area contributed by atoms with Crippen molar-refractivity contribution in [3.8, 4) is 0 Å². The minimum Gasteiger partial charge on any atom is -0.346 e. The van der Waals surface area contributed by atoms with Crippen LogP contribution in [0.25, 0.3) is 0 Å². The van der Waals surface area contributed by atoms with E-state index >= 15 is 0 Å². The maximum atomic E-state index is 12.8. The summed E-state index contributed by atoms with van der Waals surface area (Å²) in [6.45, 7) is 15.5. The van der Waals surface area contributed by atoms with E-state index in [9.17, 15) is 4.79 Å². The number of piperidine rings is 1. The molecule has 7 heteroatoms. The molecular weight excluding hydrogens is 358 g/mol. The highest BCUT2D eigenvalue weighted by Gasteiger charge is 2.33. The zero-order chi connectivity index (χ0) is 19.4. The molecule has 3 heterocycles. The van der Waals surface area contributed by atoms with E-state index in [0.29, 0.717) is 6.54 Å². The molecule has 2 saturated heterocycles. The number of carbonyl (C=O) groups is 1. The number of nitrogens with one attached hydrogen (secondary N) is 1. The van der Waals surface area contributed by atoms with Gasteiger partial charge in [-0.15, -0.1) is 11.3 Å². The molecule has 27 heavy (non-hydrogen) atoms. The summed E-state index contributed by atoms with van der Waals surface area (Å²) in [5, 5.41) is 6.28. The first kappa shape index (κ1) is 20.4. The average molecular weight is 394 g/mol. The third-order valence-electron chi connectivity index (χ3n) is 5.87. The quantitative estimate of drug-likeness (QED) is 0.854. The van der Waals surface area contributed by atoms with Gasteiger partial charge >= 0.3 is 6.03 Å². The Kier molecular flexibility index (Phi) is 6.63. The predicted molar refractivity (Wildman–Crippen MR) is 113 cm³/mol. The van der Waals surface area contributed by atoms with Crippen molar-refractivity contribution in [3.05, 3.63) is 11.6 Å². The van der Waals surface area contributed by atoms with Gasteiger partial charge in [-0.25, -0.2) is 9.78 Å². The van der Waals surface area contributed by atoms with Crippen LogP contribution in [-0.2, 0) is 0 Å². The van der Waals surface area contributed by atoms with Crippen molar-refractivity contribution in [2.75, 3.05) is 50.7 Å². The van der Waals surface area contributed by atoms with Gasteiger partial charge in [-0.2, -0.15) is 0 Å². The number of aromatic nitrogens is 1. The largest absolute Gasteiger partial charge is 0.346 e. The molecule has 2 atom stereocenters. The van der Waals surface area contributed by atoms with Gasteiger partial charge in [0.1, 0.15) is 0 Å². The Morgan fingerprint density at radius 1 is 1.22 bits per heavy atom. The molecule has 0 saturated carbocycles. The second-order valence-corrected chi connectivity index (χ2v) is 9.84. The van der Waals surface area contributed by atoms with Crippen LogP contribution in [-0.4, -0.2) is 72.2 Å². The molecule has 2 aliphatic rings. The lowest BCUT2D eigenvalue weighted by atomic mass is 9.88. The molecule has 1 N–H and O–H groups in total. The Bertz CT molecular complexity index is 596. The Morgan fingerprint density at radius 3 is 2.63 bits per heavy atom. The molecular formula is C20H35N5OS. The van der Waals surface area contributed by atoms with Crippen molar-refractivity contribution in [3.63, 3.8) is 0 Å². The molecule has 0 spiro atoms. The number of amides is 2. The smallest absolute Gasteiger partial charge is 0.317 e. The Hall–Kier alpha value is -1.34. The first-order valence-corrected chi connectivity index (χ1v) is 11.2. The summed E-state index contributed by atoms with van der Waals surface area (Å²) in [7, 11) is 0. The van der Waals surface area contributed by atoms with E-state index in [1.165, 1.54) is 6.42 Å². The van der Waals surface area contributed by atoms with Crippen LogP contribution in [0.15, 0.2) is 11.6 Å². The fourth-order valence-corrected chi connectivity index (χ4v) is 5.05. The van der Waals surface area contributed by atoms with Gasteiger partial charge in [-0.05, 0) is 38.5 Å². The summed E-state index contributed by atoms with van der Waals surface area (Å²) < 4.78 is 0. The minimum atomic E-state index is -0.0165. The third kappa shape index (κ3) is 5.35. The summed E-state index contributed by atoms with van der Waals surface area (Å²) in [5.41, 5.74) is -0.0165. The summed E-state index contributed by atoms with van der Waals surface area (Å²) in [6.07, 6.45) is 4.14. The molecule has 3 rings (SSSR count). The number of hydrogen-bond acceptors (Lipinski definition) is 5. The molecule has 2 fully saturated rings. The number of anilines is 1. The van der Waals surface area contributed by atoms with Crippen molar-refractivity contribution in [1.29, 1.82) is 0 Å². The molecule has 1 aromatic heterocycles. The van der Waals surface area contributed by atoms with Gasteiger partial charge in [-0.1, -0.05) is 13.8 Å². The van der Waals surface area contributed by atoms with E-state index in [-0.39, 0.29) is 11.6 Å². The van der Waals surface area contributed by atoms with Crippen molar-refractivity contribution >= 4 is 22.5 Å². The number of hydrogen-bond donors (Lipinski definition) is 1. The number of urea groups is 1. The van der Waals surface area contributed by atoms with Gasteiger partial charge in [-0.3, -0.25) is 4.90 Å². The standard InChI is InChI=1S/C20H35N5OS/c1-16-12-17(2)14-25(13-16)20(3,4)15-22-18(26)23-7-5-8-24(10-9-23)19-21-6-11-27-19/h6,11,16-17H,5,7-10,12-15H2,1-4H3,(H,22,26). The van der Waals surface area contributed by atoms with Crippen LogP contribution in [0.5, 0.6) is 0 Å². The summed E-state index contributed by atoms with van der Waals surface area (Å²) in [4.78, 5) is 24.0. The van der Waals surface area contributed by atoms with E-state index in [1.807, 2.05) is 16.5 Å². The highest BCUT2D eigenvalue weighted by Crippen LogP contribution is 2.27. The second-order valence-electron chi connectivity index (χ2n) is 8.96. The monoisotopic (exact) mass is 393 g/mol. The van der Waals surface area contributed by atoms with E-state index in [2.05, 4.69) is 47.8 Å². The average Bonchev–Trinajstić information content (AvgIpc) is 3.03. The van der Waals surface area contributed by atoms with Crippen LogP contribution in [0.2, 0.25) is 0 Å². The van der Waals surface area contributed by atoms with Gasteiger partial charge < -0.3 is 15.1 Å². The van der Waals surface area contributed by atoms with Gasteiger partial charge in [0.05, 0.1) is 0 Å². The van der Waals surface area contributed by atoms with Crippen LogP contribution in [0.3, 0.4) is 0 Å².